The first kappa shape index (κ1) is 36.7. The largest absolute Gasteiger partial charge is 0.504 e. The Hall–Kier alpha value is -4.67. The first-order valence-corrected chi connectivity index (χ1v) is 20.4. The van der Waals surface area contributed by atoms with E-state index in [9.17, 15) is 15.0 Å². The number of rotatable bonds is 4. The van der Waals surface area contributed by atoms with E-state index in [2.05, 4.69) is 33.5 Å². The number of benzene rings is 3. The number of nitrogens with one attached hydrogen (secondary N) is 3. The number of nitrogens with zero attached hydrogens (tertiary/aromatic N) is 1. The van der Waals surface area contributed by atoms with E-state index in [4.69, 9.17) is 28.4 Å². The predicted octanol–water partition coefficient (Wildman–Crippen LogP) is 4.28. The average molecular weight is 799 g/mol. The van der Waals surface area contributed by atoms with Crippen LogP contribution >= 0.6 is 11.8 Å². The number of piperazine rings is 1. The summed E-state index contributed by atoms with van der Waals surface area (Å²) in [5.41, 5.74) is 5.25. The highest BCUT2D eigenvalue weighted by molar-refractivity contribution is 7.99. The summed E-state index contributed by atoms with van der Waals surface area (Å²) in [7, 11) is 3.19. The van der Waals surface area contributed by atoms with Crippen LogP contribution in [0.25, 0.3) is 10.9 Å². The zero-order chi connectivity index (χ0) is 39.7. The standard InChI is InChI=1S/C42H46N4O10S/c1-18-9-21-12-41(4)15-43-31(28(21)33(49)34(18)52-6)32-38-30-29(37-36(54-17-55-37)19(2)35(30)56-20(3)48)27(46(32)41)14-53-40(50)42(16-57-38)39-25(10-22(13-47)45-42)24-11-23(51-5)7-8-26(24)44-39/h7-9,11,22,27,31-32,38,43-45,47,49H,10,12-17H2,1-6H3/t22-,27?,31?,32-,38-,41?,42-/m1/s1. The maximum absolute atomic E-state index is 15.1. The molecule has 9 heterocycles. The summed E-state index contributed by atoms with van der Waals surface area (Å²) in [6.07, 6.45) is 1.07. The van der Waals surface area contributed by atoms with Crippen molar-refractivity contribution in [3.8, 4) is 34.5 Å². The van der Waals surface area contributed by atoms with Crippen LogP contribution < -0.4 is 34.3 Å². The highest BCUT2D eigenvalue weighted by atomic mass is 32.2. The number of phenols is 1. The van der Waals surface area contributed by atoms with Gasteiger partial charge in [0.05, 0.1) is 43.9 Å². The molecular weight excluding hydrogens is 753 g/mol. The zero-order valence-corrected chi connectivity index (χ0v) is 33.5. The van der Waals surface area contributed by atoms with Gasteiger partial charge in [-0.15, -0.1) is 11.8 Å². The quantitative estimate of drug-likeness (QED) is 0.146. The molecule has 1 aromatic heterocycles. The van der Waals surface area contributed by atoms with E-state index >= 15 is 4.79 Å². The molecule has 3 aromatic carbocycles. The monoisotopic (exact) mass is 798 g/mol. The Morgan fingerprint density at radius 3 is 2.63 bits per heavy atom. The van der Waals surface area contributed by atoms with Crippen molar-refractivity contribution >= 4 is 34.6 Å². The number of phenolic OH excluding ortho intramolecular Hbond substituents is 1. The van der Waals surface area contributed by atoms with E-state index in [0.29, 0.717) is 59.4 Å². The number of hydrogen-bond acceptors (Lipinski definition) is 14. The molecule has 8 aliphatic heterocycles. The van der Waals surface area contributed by atoms with Crippen LogP contribution in [0.3, 0.4) is 0 Å². The molecule has 4 unspecified atom stereocenters. The maximum atomic E-state index is 15.1. The Morgan fingerprint density at radius 2 is 1.88 bits per heavy atom. The van der Waals surface area contributed by atoms with Gasteiger partial charge in [0.1, 0.15) is 18.1 Å². The van der Waals surface area contributed by atoms with Gasteiger partial charge in [0.25, 0.3) is 0 Å². The molecular formula is C42H46N4O10S. The Morgan fingerprint density at radius 1 is 1.07 bits per heavy atom. The Bertz CT molecular complexity index is 2400. The number of ether oxygens (including phenoxy) is 6. The van der Waals surface area contributed by atoms with E-state index in [0.717, 1.165) is 44.3 Å². The molecule has 14 nitrogen and oxygen atoms in total. The van der Waals surface area contributed by atoms with Crippen molar-refractivity contribution < 1.29 is 48.2 Å². The van der Waals surface area contributed by atoms with Gasteiger partial charge >= 0.3 is 11.9 Å². The third-order valence-electron chi connectivity index (χ3n) is 13.1. The summed E-state index contributed by atoms with van der Waals surface area (Å²) in [4.78, 5) is 34.1. The van der Waals surface area contributed by atoms with Crippen molar-refractivity contribution in [3.63, 3.8) is 0 Å². The van der Waals surface area contributed by atoms with E-state index in [1.54, 1.807) is 26.0 Å². The van der Waals surface area contributed by atoms with Gasteiger partial charge in [0, 0.05) is 70.0 Å². The van der Waals surface area contributed by atoms with Crippen molar-refractivity contribution in [3.05, 3.63) is 68.9 Å². The highest BCUT2D eigenvalue weighted by Crippen LogP contribution is 2.64. The van der Waals surface area contributed by atoms with Crippen molar-refractivity contribution in [2.24, 2.45) is 0 Å². The van der Waals surface area contributed by atoms with Crippen molar-refractivity contribution in [2.75, 3.05) is 46.5 Å². The number of methoxy groups -OCH3 is 2. The third-order valence-corrected chi connectivity index (χ3v) is 14.6. The normalized spacial score (nSPS) is 30.5. The van der Waals surface area contributed by atoms with E-state index in [-0.39, 0.29) is 37.6 Å². The summed E-state index contributed by atoms with van der Waals surface area (Å²) in [6.45, 7) is 7.70. The SMILES string of the molecule is COc1ccc2[nH]c3c(c2c1)C[C@H](CO)N[C@]31CS[C@@H]2c3c(OC(C)=O)c(C)c4c(c3C(COC1=O)N1[C@@H]2C2NCC1(C)Cc1cc(C)c(OC)c(O)c12)OCO4. The Labute approximate surface area is 333 Å². The molecule has 0 saturated carbocycles. The number of aromatic amines is 1. The molecule has 2 saturated heterocycles. The Kier molecular flexibility index (Phi) is 8.31. The topological polar surface area (TPSA) is 173 Å². The number of aromatic hydroxyl groups is 1. The van der Waals surface area contributed by atoms with Gasteiger partial charge in [0.2, 0.25) is 6.79 Å². The first-order valence-electron chi connectivity index (χ1n) is 19.3. The maximum Gasteiger partial charge on any atom is 0.333 e. The predicted molar refractivity (Wildman–Crippen MR) is 210 cm³/mol. The van der Waals surface area contributed by atoms with E-state index in [1.807, 2.05) is 32.0 Å². The van der Waals surface area contributed by atoms with Gasteiger partial charge in [-0.1, -0.05) is 6.07 Å². The number of aryl methyl sites for hydroxylation is 1. The number of thioether (sulfide) groups is 1. The van der Waals surface area contributed by atoms with Crippen LogP contribution in [-0.2, 0) is 32.7 Å². The van der Waals surface area contributed by atoms with Gasteiger partial charge in [0.15, 0.2) is 28.5 Å². The molecule has 8 aliphatic rings. The second-order valence-corrected chi connectivity index (χ2v) is 17.5. The molecule has 57 heavy (non-hydrogen) atoms. The average Bonchev–Trinajstić information content (AvgIpc) is 3.77. The molecule has 0 aliphatic carbocycles. The van der Waals surface area contributed by atoms with Crippen molar-refractivity contribution in [1.82, 2.24) is 20.5 Å². The molecule has 0 amide bonds. The fraction of sp³-hybridized carbons (Fsp3) is 0.476. The van der Waals surface area contributed by atoms with Gasteiger partial charge < -0.3 is 48.9 Å². The van der Waals surface area contributed by atoms with Gasteiger partial charge in [-0.25, -0.2) is 4.79 Å². The number of aliphatic hydroxyl groups excluding tert-OH is 1. The van der Waals surface area contributed by atoms with E-state index in [1.165, 1.54) is 6.92 Å². The van der Waals surface area contributed by atoms with Crippen LogP contribution in [0.1, 0.15) is 75.8 Å². The zero-order valence-electron chi connectivity index (χ0n) is 32.7. The molecule has 5 N–H and O–H groups in total. The summed E-state index contributed by atoms with van der Waals surface area (Å²) in [6, 6.07) is 6.06. The van der Waals surface area contributed by atoms with Crippen molar-refractivity contribution in [1.29, 1.82) is 0 Å². The highest BCUT2D eigenvalue weighted by Gasteiger charge is 2.62. The van der Waals surface area contributed by atoms with Crippen LogP contribution in [0, 0.1) is 13.8 Å². The third kappa shape index (κ3) is 5.05. The number of carbonyl (C=O) groups is 2. The van der Waals surface area contributed by atoms with Gasteiger partial charge in [-0.05, 0) is 68.5 Å². The fourth-order valence-electron chi connectivity index (χ4n) is 10.9. The van der Waals surface area contributed by atoms with Crippen LogP contribution in [0.15, 0.2) is 24.3 Å². The summed E-state index contributed by atoms with van der Waals surface area (Å²) >= 11 is 1.55. The lowest BCUT2D eigenvalue weighted by atomic mass is 9.76. The molecule has 300 valence electrons. The fourth-order valence-corrected chi connectivity index (χ4v) is 12.5. The minimum absolute atomic E-state index is 0.0107. The number of hydrogen-bond donors (Lipinski definition) is 5. The number of esters is 2. The number of aromatic nitrogens is 1. The lowest BCUT2D eigenvalue weighted by Crippen LogP contribution is -2.69. The summed E-state index contributed by atoms with van der Waals surface area (Å²) < 4.78 is 36.6. The molecule has 0 radical (unpaired) electrons. The number of carbonyl (C=O) groups excluding carboxylic acids is 2. The second kappa shape index (κ2) is 12.9. The molecule has 1 spiro atoms. The smallest absolute Gasteiger partial charge is 0.333 e. The molecule has 4 bridgehead atoms. The first-order chi connectivity index (χ1) is 27.4. The molecule has 8 atom stereocenters. The molecule has 12 rings (SSSR count). The number of aliphatic hydroxyl groups is 1. The van der Waals surface area contributed by atoms with Gasteiger partial charge in [-0.3, -0.25) is 15.0 Å². The van der Waals surface area contributed by atoms with Crippen molar-refractivity contribution in [2.45, 2.75) is 81.0 Å². The summed E-state index contributed by atoms with van der Waals surface area (Å²) in [5.74, 6) is 1.87. The summed E-state index contributed by atoms with van der Waals surface area (Å²) in [5, 5.41) is 30.6. The van der Waals surface area contributed by atoms with Crippen LogP contribution in [-0.4, -0.2) is 96.2 Å². The second-order valence-electron chi connectivity index (χ2n) is 16.4. The van der Waals surface area contributed by atoms with Crippen LogP contribution in [0.4, 0.5) is 0 Å². The Balaban J connectivity index is 1.24. The lowest BCUT2D eigenvalue weighted by molar-refractivity contribution is -0.158. The minimum Gasteiger partial charge on any atom is -0.504 e. The molecule has 15 heteroatoms. The molecule has 4 aromatic rings. The van der Waals surface area contributed by atoms with Gasteiger partial charge in [-0.2, -0.15) is 0 Å². The molecule has 2 fully saturated rings. The van der Waals surface area contributed by atoms with E-state index < -0.39 is 46.4 Å². The van der Waals surface area contributed by atoms with Crippen LogP contribution in [0.5, 0.6) is 34.5 Å². The minimum atomic E-state index is -1.41. The number of fused-ring (bicyclic) bond motifs is 8. The van der Waals surface area contributed by atoms with Crippen LogP contribution in [0.2, 0.25) is 0 Å². The lowest BCUT2D eigenvalue weighted by Gasteiger charge is -2.59. The number of H-pyrrole nitrogens is 1.